The number of nitrogens with zero attached hydrogens (tertiary/aromatic N) is 1. The first-order valence-electron chi connectivity index (χ1n) is 7.78. The molecule has 0 amide bonds. The van der Waals surface area contributed by atoms with Gasteiger partial charge in [-0.3, -0.25) is 0 Å². The number of carboxylic acids is 1. The summed E-state index contributed by atoms with van der Waals surface area (Å²) < 4.78 is 42.0. The molecule has 1 heterocycles. The highest BCUT2D eigenvalue weighted by Gasteiger charge is 2.62. The van der Waals surface area contributed by atoms with Gasteiger partial charge in [0.25, 0.3) is 5.60 Å². The first-order chi connectivity index (χ1) is 13.1. The lowest BCUT2D eigenvalue weighted by Crippen LogP contribution is -2.42. The highest BCUT2D eigenvalue weighted by atomic mass is 79.9. The molecule has 148 valence electrons. The summed E-state index contributed by atoms with van der Waals surface area (Å²) in [5, 5.41) is 13.3. The summed E-state index contributed by atoms with van der Waals surface area (Å²) in [6, 6.07) is 7.85. The van der Waals surface area contributed by atoms with Gasteiger partial charge >= 0.3 is 12.1 Å². The minimum atomic E-state index is -4.82. The van der Waals surface area contributed by atoms with E-state index in [-0.39, 0.29) is 37.8 Å². The average molecular weight is 497 g/mol. The van der Waals surface area contributed by atoms with E-state index in [4.69, 9.17) is 28.0 Å². The average Bonchev–Trinajstić information content (AvgIpc) is 3.07. The van der Waals surface area contributed by atoms with Gasteiger partial charge in [-0.05, 0) is 29.8 Å². The smallest absolute Gasteiger partial charge is 0.435 e. The van der Waals surface area contributed by atoms with Crippen LogP contribution in [-0.2, 0) is 15.8 Å². The van der Waals surface area contributed by atoms with Gasteiger partial charge in [0.05, 0.1) is 11.3 Å². The minimum absolute atomic E-state index is 0.0259. The Kier molecular flexibility index (Phi) is 5.67. The molecular formula is C18H11BrCl2F3NO3. The molecule has 4 nitrogen and oxygen atoms in total. The van der Waals surface area contributed by atoms with Crippen molar-refractivity contribution in [3.05, 3.63) is 68.7 Å². The van der Waals surface area contributed by atoms with E-state index in [1.165, 1.54) is 24.3 Å². The van der Waals surface area contributed by atoms with Crippen LogP contribution in [0.2, 0.25) is 10.0 Å². The van der Waals surface area contributed by atoms with Crippen LogP contribution in [0, 0.1) is 0 Å². The second-order valence-electron chi connectivity index (χ2n) is 6.10. The first kappa shape index (κ1) is 21.0. The van der Waals surface area contributed by atoms with Gasteiger partial charge in [-0.25, -0.2) is 4.79 Å². The largest absolute Gasteiger partial charge is 0.478 e. The zero-order valence-electron chi connectivity index (χ0n) is 13.9. The molecule has 0 spiro atoms. The molecule has 1 aliphatic rings. The van der Waals surface area contributed by atoms with Crippen LogP contribution in [0.15, 0.2) is 41.6 Å². The Labute approximate surface area is 176 Å². The van der Waals surface area contributed by atoms with Gasteiger partial charge in [-0.2, -0.15) is 13.2 Å². The quantitative estimate of drug-likeness (QED) is 0.515. The lowest BCUT2D eigenvalue weighted by atomic mass is 9.86. The standard InChI is InChI=1S/C18H11BrCl2F3NO3/c19-8-10-2-1-9(3-14(10)16(26)27)15-7-17(28-25-15,18(22,23)24)11-4-12(20)6-13(21)5-11/h1-6H,7-8H2,(H,26,27). The van der Waals surface area contributed by atoms with E-state index in [0.29, 0.717) is 5.56 Å². The van der Waals surface area contributed by atoms with Gasteiger partial charge in [0.2, 0.25) is 0 Å². The van der Waals surface area contributed by atoms with E-state index < -0.39 is 24.2 Å². The van der Waals surface area contributed by atoms with Crippen LogP contribution in [0.3, 0.4) is 0 Å². The molecule has 0 aliphatic carbocycles. The Balaban J connectivity index is 2.05. The summed E-state index contributed by atoms with van der Waals surface area (Å²) >= 11 is 14.9. The van der Waals surface area contributed by atoms with Gasteiger partial charge in [0, 0.05) is 32.9 Å². The zero-order chi connectivity index (χ0) is 20.7. The molecule has 2 aromatic rings. The number of benzene rings is 2. The highest BCUT2D eigenvalue weighted by molar-refractivity contribution is 9.08. The van der Waals surface area contributed by atoms with Crippen molar-refractivity contribution in [1.29, 1.82) is 0 Å². The van der Waals surface area contributed by atoms with Gasteiger partial charge < -0.3 is 9.94 Å². The molecule has 10 heteroatoms. The summed E-state index contributed by atoms with van der Waals surface area (Å²) in [6.45, 7) is 0. The number of carboxylic acid groups (broad SMARTS) is 1. The van der Waals surface area contributed by atoms with Crippen molar-refractivity contribution in [3.63, 3.8) is 0 Å². The molecule has 1 aliphatic heterocycles. The summed E-state index contributed by atoms with van der Waals surface area (Å²) in [5.41, 5.74) is -2.41. The molecule has 1 N–H and O–H groups in total. The third-order valence-electron chi connectivity index (χ3n) is 4.33. The Morgan fingerprint density at radius 2 is 1.86 bits per heavy atom. The maximum Gasteiger partial charge on any atom is 0.435 e. The van der Waals surface area contributed by atoms with Crippen molar-refractivity contribution >= 4 is 50.8 Å². The fourth-order valence-corrected chi connectivity index (χ4v) is 3.93. The molecule has 0 bridgehead atoms. The molecule has 0 saturated heterocycles. The maximum absolute atomic E-state index is 14.0. The third-order valence-corrected chi connectivity index (χ3v) is 5.37. The number of aromatic carboxylic acids is 1. The molecule has 0 saturated carbocycles. The van der Waals surface area contributed by atoms with Crippen LogP contribution in [0.5, 0.6) is 0 Å². The fourth-order valence-electron chi connectivity index (χ4n) is 2.92. The molecule has 0 fully saturated rings. The van der Waals surface area contributed by atoms with E-state index in [1.807, 2.05) is 0 Å². The predicted molar refractivity (Wildman–Crippen MR) is 102 cm³/mol. The van der Waals surface area contributed by atoms with Crippen molar-refractivity contribution < 1.29 is 27.9 Å². The number of oxime groups is 1. The Morgan fingerprint density at radius 1 is 1.21 bits per heavy atom. The predicted octanol–water partition coefficient (Wildman–Crippen LogP) is 6.17. The van der Waals surface area contributed by atoms with E-state index >= 15 is 0 Å². The number of hydrogen-bond acceptors (Lipinski definition) is 3. The molecule has 2 aromatic carbocycles. The summed E-state index contributed by atoms with van der Waals surface area (Å²) in [5.74, 6) is -1.19. The van der Waals surface area contributed by atoms with E-state index in [0.717, 1.165) is 12.1 Å². The summed E-state index contributed by atoms with van der Waals surface area (Å²) in [7, 11) is 0. The summed E-state index contributed by atoms with van der Waals surface area (Å²) in [4.78, 5) is 16.3. The van der Waals surface area contributed by atoms with Gasteiger partial charge in [0.15, 0.2) is 0 Å². The second kappa shape index (κ2) is 7.57. The minimum Gasteiger partial charge on any atom is -0.478 e. The van der Waals surface area contributed by atoms with E-state index in [1.54, 1.807) is 0 Å². The topological polar surface area (TPSA) is 58.9 Å². The van der Waals surface area contributed by atoms with Crippen molar-refractivity contribution in [2.75, 3.05) is 0 Å². The molecule has 28 heavy (non-hydrogen) atoms. The van der Waals surface area contributed by atoms with Crippen molar-refractivity contribution in [2.45, 2.75) is 23.5 Å². The number of carbonyl (C=O) groups is 1. The highest BCUT2D eigenvalue weighted by Crippen LogP contribution is 2.49. The Morgan fingerprint density at radius 3 is 2.39 bits per heavy atom. The van der Waals surface area contributed by atoms with Crippen LogP contribution in [-0.4, -0.2) is 23.0 Å². The van der Waals surface area contributed by atoms with Crippen LogP contribution in [0.1, 0.15) is 33.5 Å². The van der Waals surface area contributed by atoms with Crippen molar-refractivity contribution in [2.24, 2.45) is 5.16 Å². The monoisotopic (exact) mass is 495 g/mol. The molecule has 3 rings (SSSR count). The Hall–Kier alpha value is -1.77. The maximum atomic E-state index is 14.0. The Bertz CT molecular complexity index is 961. The second-order valence-corrected chi connectivity index (χ2v) is 7.53. The molecule has 1 atom stereocenters. The van der Waals surface area contributed by atoms with Gasteiger partial charge in [-0.15, -0.1) is 0 Å². The molecule has 0 radical (unpaired) electrons. The SMILES string of the molecule is O=C(O)c1cc(C2=NOC(c3cc(Cl)cc(Cl)c3)(C(F)(F)F)C2)ccc1CBr. The van der Waals surface area contributed by atoms with Crippen molar-refractivity contribution in [1.82, 2.24) is 0 Å². The number of rotatable bonds is 4. The van der Waals surface area contributed by atoms with Crippen LogP contribution in [0.4, 0.5) is 13.2 Å². The van der Waals surface area contributed by atoms with Gasteiger partial charge in [0.1, 0.15) is 0 Å². The zero-order valence-corrected chi connectivity index (χ0v) is 17.0. The third kappa shape index (κ3) is 3.73. The van der Waals surface area contributed by atoms with E-state index in [2.05, 4.69) is 21.1 Å². The molecular weight excluding hydrogens is 486 g/mol. The van der Waals surface area contributed by atoms with Crippen LogP contribution >= 0.6 is 39.1 Å². The fraction of sp³-hybridized carbons (Fsp3) is 0.222. The van der Waals surface area contributed by atoms with Gasteiger partial charge in [-0.1, -0.05) is 56.4 Å². The molecule has 1 unspecified atom stereocenters. The lowest BCUT2D eigenvalue weighted by Gasteiger charge is -2.29. The normalized spacial score (nSPS) is 19.3. The molecule has 0 aromatic heterocycles. The number of alkyl halides is 4. The first-order valence-corrected chi connectivity index (χ1v) is 9.66. The number of hydrogen-bond donors (Lipinski definition) is 1. The van der Waals surface area contributed by atoms with Crippen molar-refractivity contribution in [3.8, 4) is 0 Å². The summed E-state index contributed by atoms with van der Waals surface area (Å²) in [6.07, 6.45) is -5.47. The lowest BCUT2D eigenvalue weighted by molar-refractivity contribution is -0.275. The van der Waals surface area contributed by atoms with Crippen LogP contribution in [0.25, 0.3) is 0 Å². The van der Waals surface area contributed by atoms with E-state index in [9.17, 15) is 23.1 Å². The number of halogens is 6. The van der Waals surface area contributed by atoms with Crippen LogP contribution < -0.4 is 0 Å².